The molecule has 0 amide bonds. The van der Waals surface area contributed by atoms with Crippen LogP contribution in [0.25, 0.3) is 0 Å². The molecule has 2 unspecified atom stereocenters. The Kier molecular flexibility index (Phi) is 29.2. The largest absolute Gasteiger partial charge is 0.257 e. The molecule has 43 heavy (non-hydrogen) atoms. The SMILES string of the molecule is CCCCCCCCCCCCCCCCCC(C)[n+]1cc[nH]c1C(CCCCCC)CCCCCCCCCCCC. The first-order valence-electron chi connectivity index (χ1n) is 20.3. The molecule has 2 atom stereocenters. The van der Waals surface area contributed by atoms with Crippen LogP contribution < -0.4 is 4.57 Å². The van der Waals surface area contributed by atoms with Crippen molar-refractivity contribution in [3.63, 3.8) is 0 Å². The van der Waals surface area contributed by atoms with Crippen LogP contribution >= 0.6 is 0 Å². The maximum atomic E-state index is 3.73. The molecule has 0 aliphatic rings. The van der Waals surface area contributed by atoms with Gasteiger partial charge in [-0.3, -0.25) is 0 Å². The number of aromatic nitrogens is 2. The number of aromatic amines is 1. The lowest BCUT2D eigenvalue weighted by molar-refractivity contribution is -0.727. The van der Waals surface area contributed by atoms with E-state index in [1.807, 2.05) is 0 Å². The van der Waals surface area contributed by atoms with Crippen molar-refractivity contribution in [2.45, 2.75) is 245 Å². The van der Waals surface area contributed by atoms with Crippen molar-refractivity contribution >= 4 is 0 Å². The third-order valence-electron chi connectivity index (χ3n) is 10.1. The molecular formula is C41H81N2+. The zero-order chi connectivity index (χ0) is 31.1. The summed E-state index contributed by atoms with van der Waals surface area (Å²) in [5, 5.41) is 0. The predicted molar refractivity (Wildman–Crippen MR) is 193 cm³/mol. The minimum Gasteiger partial charge on any atom is -0.247 e. The molecule has 0 aliphatic heterocycles. The van der Waals surface area contributed by atoms with Gasteiger partial charge in [0, 0.05) is 0 Å². The van der Waals surface area contributed by atoms with Crippen molar-refractivity contribution in [3.05, 3.63) is 18.2 Å². The van der Waals surface area contributed by atoms with Crippen LogP contribution in [0.15, 0.2) is 12.4 Å². The van der Waals surface area contributed by atoms with E-state index < -0.39 is 0 Å². The second kappa shape index (κ2) is 31.2. The molecular weight excluding hydrogens is 520 g/mol. The van der Waals surface area contributed by atoms with E-state index in [2.05, 4.69) is 49.6 Å². The average molecular weight is 602 g/mol. The van der Waals surface area contributed by atoms with Gasteiger partial charge in [0.25, 0.3) is 5.82 Å². The molecule has 2 nitrogen and oxygen atoms in total. The van der Waals surface area contributed by atoms with E-state index in [1.165, 1.54) is 211 Å². The van der Waals surface area contributed by atoms with Crippen molar-refractivity contribution in [3.8, 4) is 0 Å². The highest BCUT2D eigenvalue weighted by Gasteiger charge is 2.25. The summed E-state index contributed by atoms with van der Waals surface area (Å²) in [7, 11) is 0. The van der Waals surface area contributed by atoms with Gasteiger partial charge < -0.3 is 0 Å². The first-order chi connectivity index (χ1) is 21.2. The maximum absolute atomic E-state index is 3.73. The summed E-state index contributed by atoms with van der Waals surface area (Å²) < 4.78 is 2.63. The standard InChI is InChI=1S/C41H80N2/c1-5-8-11-14-16-18-20-21-22-23-24-25-27-29-31-34-39(4)43-38-37-42-41(43)40(35-32-13-10-7-3)36-33-30-28-26-19-17-15-12-9-6-2/h37-40H,5-36H2,1-4H3/p+1. The maximum Gasteiger partial charge on any atom is 0.257 e. The van der Waals surface area contributed by atoms with Crippen LogP contribution in [0.3, 0.4) is 0 Å². The molecule has 0 spiro atoms. The molecule has 1 aromatic rings. The van der Waals surface area contributed by atoms with Crippen LogP contribution in [0.2, 0.25) is 0 Å². The molecule has 0 bridgehead atoms. The first kappa shape index (κ1) is 40.2. The Bertz CT molecular complexity index is 664. The highest BCUT2D eigenvalue weighted by Crippen LogP contribution is 2.27. The lowest BCUT2D eigenvalue weighted by Gasteiger charge is -2.17. The van der Waals surface area contributed by atoms with Gasteiger partial charge in [0.05, 0.1) is 12.0 Å². The van der Waals surface area contributed by atoms with Crippen molar-refractivity contribution in [2.24, 2.45) is 0 Å². The lowest BCUT2D eigenvalue weighted by Crippen LogP contribution is -2.41. The summed E-state index contributed by atoms with van der Waals surface area (Å²) in [6.07, 6.45) is 50.2. The van der Waals surface area contributed by atoms with Crippen LogP contribution in [0.5, 0.6) is 0 Å². The number of H-pyrrole nitrogens is 1. The van der Waals surface area contributed by atoms with E-state index in [1.54, 1.807) is 0 Å². The van der Waals surface area contributed by atoms with Crippen LogP contribution in [-0.2, 0) is 0 Å². The monoisotopic (exact) mass is 602 g/mol. The summed E-state index contributed by atoms with van der Waals surface area (Å²) in [6, 6.07) is 0.620. The van der Waals surface area contributed by atoms with Crippen molar-refractivity contribution < 1.29 is 4.57 Å². The van der Waals surface area contributed by atoms with Gasteiger partial charge in [-0.2, -0.15) is 0 Å². The van der Waals surface area contributed by atoms with Gasteiger partial charge in [0.1, 0.15) is 12.4 Å². The van der Waals surface area contributed by atoms with Crippen LogP contribution in [0, 0.1) is 0 Å². The van der Waals surface area contributed by atoms with Crippen molar-refractivity contribution in [1.29, 1.82) is 0 Å². The van der Waals surface area contributed by atoms with Gasteiger partial charge in [0.15, 0.2) is 0 Å². The zero-order valence-electron chi connectivity index (χ0n) is 30.4. The average Bonchev–Trinajstić information content (AvgIpc) is 3.51. The number of imidazole rings is 1. The molecule has 254 valence electrons. The summed E-state index contributed by atoms with van der Waals surface area (Å²) in [5.74, 6) is 2.24. The summed E-state index contributed by atoms with van der Waals surface area (Å²) in [5.41, 5.74) is 0. The zero-order valence-corrected chi connectivity index (χ0v) is 30.4. The molecule has 0 radical (unpaired) electrons. The third kappa shape index (κ3) is 23.2. The molecule has 1 heterocycles. The molecule has 1 aromatic heterocycles. The highest BCUT2D eigenvalue weighted by atomic mass is 15.1. The normalized spacial score (nSPS) is 13.1. The minimum absolute atomic E-state index is 0.620. The van der Waals surface area contributed by atoms with Crippen LogP contribution in [0.4, 0.5) is 0 Å². The Hall–Kier alpha value is -0.790. The molecule has 1 rings (SSSR count). The van der Waals surface area contributed by atoms with Crippen molar-refractivity contribution in [1.82, 2.24) is 4.98 Å². The topological polar surface area (TPSA) is 19.7 Å². The second-order valence-corrected chi connectivity index (χ2v) is 14.4. The quantitative estimate of drug-likeness (QED) is 0.0599. The summed E-state index contributed by atoms with van der Waals surface area (Å²) >= 11 is 0. The smallest absolute Gasteiger partial charge is 0.247 e. The van der Waals surface area contributed by atoms with E-state index in [0.29, 0.717) is 12.0 Å². The third-order valence-corrected chi connectivity index (χ3v) is 10.1. The van der Waals surface area contributed by atoms with Crippen LogP contribution in [-0.4, -0.2) is 4.98 Å². The fraction of sp³-hybridized carbons (Fsp3) is 0.927. The highest BCUT2D eigenvalue weighted by molar-refractivity contribution is 4.90. The summed E-state index contributed by atoms with van der Waals surface area (Å²) in [4.78, 5) is 3.73. The van der Waals surface area contributed by atoms with Gasteiger partial charge in [-0.25, -0.2) is 9.55 Å². The predicted octanol–water partition coefficient (Wildman–Crippen LogP) is 14.5. The van der Waals surface area contributed by atoms with Crippen molar-refractivity contribution in [2.75, 3.05) is 0 Å². The Morgan fingerprint density at radius 3 is 1.12 bits per heavy atom. The van der Waals surface area contributed by atoms with Gasteiger partial charge >= 0.3 is 0 Å². The molecule has 0 aromatic carbocycles. The number of rotatable bonds is 34. The number of unbranched alkanes of at least 4 members (excludes halogenated alkanes) is 26. The number of nitrogens with zero attached hydrogens (tertiary/aromatic N) is 1. The van der Waals surface area contributed by atoms with E-state index in [0.717, 1.165) is 0 Å². The van der Waals surface area contributed by atoms with E-state index in [-0.39, 0.29) is 0 Å². The Morgan fingerprint density at radius 1 is 0.442 bits per heavy atom. The van der Waals surface area contributed by atoms with E-state index in [9.17, 15) is 0 Å². The summed E-state index contributed by atoms with van der Waals surface area (Å²) in [6.45, 7) is 9.42. The fourth-order valence-corrected chi connectivity index (χ4v) is 7.13. The second-order valence-electron chi connectivity index (χ2n) is 14.4. The Labute approximate surface area is 272 Å². The Morgan fingerprint density at radius 2 is 0.744 bits per heavy atom. The molecule has 0 saturated carbocycles. The molecule has 0 aliphatic carbocycles. The van der Waals surface area contributed by atoms with Gasteiger partial charge in [-0.15, -0.1) is 0 Å². The number of nitrogens with one attached hydrogen (secondary N) is 1. The van der Waals surface area contributed by atoms with Gasteiger partial charge in [0.2, 0.25) is 0 Å². The van der Waals surface area contributed by atoms with Gasteiger partial charge in [-0.1, -0.05) is 201 Å². The van der Waals surface area contributed by atoms with Gasteiger partial charge in [-0.05, 0) is 32.6 Å². The number of hydrogen-bond acceptors (Lipinski definition) is 0. The molecule has 1 N–H and O–H groups in total. The van der Waals surface area contributed by atoms with E-state index >= 15 is 0 Å². The molecule has 0 saturated heterocycles. The van der Waals surface area contributed by atoms with Crippen LogP contribution in [0.1, 0.15) is 251 Å². The number of hydrogen-bond donors (Lipinski definition) is 1. The van der Waals surface area contributed by atoms with E-state index in [4.69, 9.17) is 0 Å². The fourth-order valence-electron chi connectivity index (χ4n) is 7.13. The minimum atomic E-state index is 0.620. The molecule has 2 heteroatoms. The molecule has 0 fully saturated rings. The first-order valence-corrected chi connectivity index (χ1v) is 20.3. The Balaban J connectivity index is 2.25. The lowest BCUT2D eigenvalue weighted by atomic mass is 9.93.